The lowest BCUT2D eigenvalue weighted by molar-refractivity contribution is -0.138. The van der Waals surface area contributed by atoms with Crippen LogP contribution in [-0.2, 0) is 25.8 Å². The summed E-state index contributed by atoms with van der Waals surface area (Å²) in [5.41, 5.74) is 7.36. The molecule has 2 aliphatic rings. The summed E-state index contributed by atoms with van der Waals surface area (Å²) in [5, 5.41) is 4.55. The van der Waals surface area contributed by atoms with Crippen molar-refractivity contribution < 1.29 is 22.4 Å². The maximum atomic E-state index is 14.6. The first kappa shape index (κ1) is 27.0. The van der Waals surface area contributed by atoms with E-state index in [1.165, 1.54) is 29.2 Å². The third-order valence-corrected chi connectivity index (χ3v) is 7.42. The smallest absolute Gasteiger partial charge is 0.369 e. The van der Waals surface area contributed by atoms with E-state index in [0.717, 1.165) is 17.2 Å². The Morgan fingerprint density at radius 1 is 1.10 bits per heavy atom. The maximum Gasteiger partial charge on any atom is 0.416 e. The van der Waals surface area contributed by atoms with Gasteiger partial charge in [-0.3, -0.25) is 9.58 Å². The summed E-state index contributed by atoms with van der Waals surface area (Å²) in [6.07, 6.45) is -1.52. The average molecular weight is 545 g/mol. The average Bonchev–Trinajstić information content (AvgIpc) is 3.27. The molecular formula is C28H32F4N6O. The van der Waals surface area contributed by atoms with Crippen molar-refractivity contribution >= 4 is 17.5 Å². The van der Waals surface area contributed by atoms with Gasteiger partial charge in [0.2, 0.25) is 0 Å². The first-order valence-corrected chi connectivity index (χ1v) is 13.1. The number of halogens is 4. The van der Waals surface area contributed by atoms with Gasteiger partial charge in [0, 0.05) is 36.9 Å². The Labute approximate surface area is 224 Å². The number of urea groups is 1. The highest BCUT2D eigenvalue weighted by molar-refractivity contribution is 5.94. The summed E-state index contributed by atoms with van der Waals surface area (Å²) in [6.45, 7) is 5.27. The highest BCUT2D eigenvalue weighted by atomic mass is 19.4. The van der Waals surface area contributed by atoms with Crippen LogP contribution < -0.4 is 15.5 Å². The number of nitrogens with two attached hydrogens (primary N) is 1. The molecular weight excluding hydrogens is 512 g/mol. The third-order valence-electron chi connectivity index (χ3n) is 7.42. The molecule has 0 bridgehead atoms. The Bertz CT molecular complexity index is 1330. The molecule has 1 unspecified atom stereocenters. The fourth-order valence-electron chi connectivity index (χ4n) is 5.63. The number of para-hydroxylation sites is 1. The van der Waals surface area contributed by atoms with Gasteiger partial charge in [0.15, 0.2) is 5.82 Å². The molecule has 1 fully saturated rings. The van der Waals surface area contributed by atoms with E-state index >= 15 is 0 Å². The molecule has 208 valence electrons. The van der Waals surface area contributed by atoms with Gasteiger partial charge in [0.25, 0.3) is 0 Å². The molecule has 0 spiro atoms. The summed E-state index contributed by atoms with van der Waals surface area (Å²) >= 11 is 0. The number of anilines is 2. The van der Waals surface area contributed by atoms with Gasteiger partial charge < -0.3 is 15.5 Å². The zero-order valence-corrected chi connectivity index (χ0v) is 22.0. The molecule has 0 radical (unpaired) electrons. The van der Waals surface area contributed by atoms with Crippen LogP contribution >= 0.6 is 0 Å². The molecule has 0 saturated carbocycles. The highest BCUT2D eigenvalue weighted by Gasteiger charge is 2.40. The number of fused-ring (bicyclic) bond motifs is 1. The molecule has 1 atom stereocenters. The van der Waals surface area contributed by atoms with Gasteiger partial charge in [0.05, 0.1) is 30.9 Å². The number of carbonyl (C=O) groups is 1. The Morgan fingerprint density at radius 3 is 2.49 bits per heavy atom. The number of aryl methyl sites for hydroxylation is 1. The van der Waals surface area contributed by atoms with Gasteiger partial charge in [-0.15, -0.1) is 0 Å². The number of nitrogens with zero attached hydrogens (tertiary/aromatic N) is 5. The topological polar surface area (TPSA) is 70.6 Å². The van der Waals surface area contributed by atoms with Crippen LogP contribution in [0.4, 0.5) is 33.9 Å². The van der Waals surface area contributed by atoms with Crippen molar-refractivity contribution in [1.29, 1.82) is 0 Å². The fraction of sp³-hybridized carbons (Fsp3) is 0.429. The molecule has 3 aromatic rings. The van der Waals surface area contributed by atoms with E-state index in [1.54, 1.807) is 15.6 Å². The lowest BCUT2D eigenvalue weighted by atomic mass is 10.00. The van der Waals surface area contributed by atoms with Crippen LogP contribution in [0.25, 0.3) is 0 Å². The van der Waals surface area contributed by atoms with Crippen molar-refractivity contribution in [3.8, 4) is 0 Å². The number of amides is 2. The third kappa shape index (κ3) is 5.45. The SMILES string of the molecule is Cc1cccc(F)c1N1CCC(N2Cc3cn(CC(C)N)nc3N(Cc3ccccc3C(F)(F)F)C2=O)CC1. The molecule has 1 aromatic heterocycles. The first-order chi connectivity index (χ1) is 18.5. The van der Waals surface area contributed by atoms with Crippen molar-refractivity contribution in [3.63, 3.8) is 0 Å². The number of piperidine rings is 1. The standard InChI is InChI=1S/C28H32F4N6O/c1-18-6-5-9-24(29)25(18)35-12-10-22(11-13-35)37-17-21-15-36(14-19(2)33)34-26(21)38(27(37)39)16-20-7-3-4-8-23(20)28(30,31)32/h3-9,15,19,22H,10-14,16-17,33H2,1-2H3. The first-order valence-electron chi connectivity index (χ1n) is 13.1. The molecule has 7 nitrogen and oxygen atoms in total. The van der Waals surface area contributed by atoms with Crippen molar-refractivity contribution in [2.45, 2.75) is 64.6 Å². The number of alkyl halides is 3. The van der Waals surface area contributed by atoms with E-state index in [0.29, 0.717) is 50.5 Å². The minimum absolute atomic E-state index is 0.00209. The number of benzene rings is 2. The van der Waals surface area contributed by atoms with Crippen LogP contribution in [0.1, 0.15) is 42.0 Å². The number of aromatic nitrogens is 2. The number of rotatable bonds is 6. The van der Waals surface area contributed by atoms with Crippen LogP contribution in [0.15, 0.2) is 48.7 Å². The molecule has 2 aliphatic heterocycles. The van der Waals surface area contributed by atoms with E-state index in [1.807, 2.05) is 31.0 Å². The highest BCUT2D eigenvalue weighted by Crippen LogP contribution is 2.37. The molecule has 11 heteroatoms. The molecule has 2 N–H and O–H groups in total. The van der Waals surface area contributed by atoms with Gasteiger partial charge in [-0.25, -0.2) is 9.18 Å². The number of carbonyl (C=O) groups excluding carboxylic acids is 1. The zero-order chi connectivity index (χ0) is 27.9. The lowest BCUT2D eigenvalue weighted by Gasteiger charge is -2.43. The van der Waals surface area contributed by atoms with Crippen molar-refractivity contribution in [3.05, 3.63) is 76.7 Å². The summed E-state index contributed by atoms with van der Waals surface area (Å²) in [7, 11) is 0. The minimum Gasteiger partial charge on any atom is -0.369 e. The Kier molecular flexibility index (Phi) is 7.28. The van der Waals surface area contributed by atoms with E-state index in [2.05, 4.69) is 5.10 Å². The summed E-state index contributed by atoms with van der Waals surface area (Å²) in [4.78, 5) is 18.9. The Hall–Kier alpha value is -3.60. The zero-order valence-electron chi connectivity index (χ0n) is 22.0. The predicted molar refractivity (Wildman–Crippen MR) is 141 cm³/mol. The summed E-state index contributed by atoms with van der Waals surface area (Å²) in [5.74, 6) is 0.0801. The maximum absolute atomic E-state index is 14.6. The molecule has 0 aliphatic carbocycles. The van der Waals surface area contributed by atoms with E-state index < -0.39 is 11.7 Å². The van der Waals surface area contributed by atoms with Gasteiger partial charge >= 0.3 is 12.2 Å². The predicted octanol–water partition coefficient (Wildman–Crippen LogP) is 5.31. The molecule has 5 rings (SSSR count). The van der Waals surface area contributed by atoms with Gasteiger partial charge in [0.1, 0.15) is 5.82 Å². The summed E-state index contributed by atoms with van der Waals surface area (Å²) < 4.78 is 57.5. The second-order valence-corrected chi connectivity index (χ2v) is 10.5. The molecule has 2 aromatic carbocycles. The number of hydrogen-bond donors (Lipinski definition) is 1. The molecule has 39 heavy (non-hydrogen) atoms. The van der Waals surface area contributed by atoms with Crippen LogP contribution in [0.2, 0.25) is 0 Å². The van der Waals surface area contributed by atoms with Gasteiger partial charge in [-0.05, 0) is 49.9 Å². The molecule has 2 amide bonds. The Morgan fingerprint density at radius 2 is 1.82 bits per heavy atom. The van der Waals surface area contributed by atoms with Gasteiger partial charge in [-0.2, -0.15) is 18.3 Å². The van der Waals surface area contributed by atoms with Crippen molar-refractivity contribution in [2.75, 3.05) is 22.9 Å². The lowest BCUT2D eigenvalue weighted by Crippen LogP contribution is -2.54. The van der Waals surface area contributed by atoms with Crippen molar-refractivity contribution in [1.82, 2.24) is 14.7 Å². The quantitative estimate of drug-likeness (QED) is 0.427. The Balaban J connectivity index is 1.42. The van der Waals surface area contributed by atoms with Gasteiger partial charge in [-0.1, -0.05) is 30.3 Å². The van der Waals surface area contributed by atoms with E-state index in [9.17, 15) is 22.4 Å². The van der Waals surface area contributed by atoms with E-state index in [-0.39, 0.29) is 36.0 Å². The minimum atomic E-state index is -4.55. The van der Waals surface area contributed by atoms with Crippen LogP contribution in [0.5, 0.6) is 0 Å². The van der Waals surface area contributed by atoms with Crippen molar-refractivity contribution in [2.24, 2.45) is 5.73 Å². The normalized spacial score (nSPS) is 17.5. The van der Waals surface area contributed by atoms with Crippen LogP contribution in [0.3, 0.4) is 0 Å². The van der Waals surface area contributed by atoms with Crippen LogP contribution in [-0.4, -0.2) is 45.9 Å². The largest absolute Gasteiger partial charge is 0.416 e. The summed E-state index contributed by atoms with van der Waals surface area (Å²) in [6, 6.07) is 9.57. The monoisotopic (exact) mass is 544 g/mol. The second-order valence-electron chi connectivity index (χ2n) is 10.5. The second kappa shape index (κ2) is 10.5. The molecule has 3 heterocycles. The number of hydrogen-bond acceptors (Lipinski definition) is 4. The van der Waals surface area contributed by atoms with Crippen LogP contribution in [0, 0.1) is 12.7 Å². The van der Waals surface area contributed by atoms with E-state index in [4.69, 9.17) is 5.73 Å². The fourth-order valence-corrected chi connectivity index (χ4v) is 5.63. The molecule has 1 saturated heterocycles.